The number of pyridine rings is 1. The van der Waals surface area contributed by atoms with E-state index < -0.39 is 0 Å². The lowest BCUT2D eigenvalue weighted by molar-refractivity contribution is -0.0123. The van der Waals surface area contributed by atoms with Crippen LogP contribution >= 0.6 is 0 Å². The van der Waals surface area contributed by atoms with Crippen LogP contribution in [0.4, 0.5) is 0 Å². The molecule has 2 heterocycles. The summed E-state index contributed by atoms with van der Waals surface area (Å²) in [5, 5.41) is 0.927. The molecule has 1 aliphatic heterocycles. The molecular weight excluding hydrogens is 276 g/mol. The number of hydrogen-bond acceptors (Lipinski definition) is 3. The molecule has 4 heteroatoms. The molecule has 1 aromatic heterocycles. The average Bonchev–Trinajstić information content (AvgIpc) is 2.53. The van der Waals surface area contributed by atoms with E-state index in [1.807, 2.05) is 42.2 Å². The van der Waals surface area contributed by atoms with Crippen LogP contribution in [-0.4, -0.2) is 41.6 Å². The summed E-state index contributed by atoms with van der Waals surface area (Å²) >= 11 is 0. The third-order valence-electron chi connectivity index (χ3n) is 4.09. The van der Waals surface area contributed by atoms with Crippen LogP contribution in [0.5, 0.6) is 0 Å². The van der Waals surface area contributed by atoms with Crippen molar-refractivity contribution in [3.8, 4) is 0 Å². The molecule has 1 aromatic carbocycles. The summed E-state index contributed by atoms with van der Waals surface area (Å²) in [7, 11) is 0. The molecule has 2 aromatic rings. The van der Waals surface area contributed by atoms with E-state index in [9.17, 15) is 4.79 Å². The first-order chi connectivity index (χ1) is 10.6. The summed E-state index contributed by atoms with van der Waals surface area (Å²) in [5.74, 6) is 0.371. The van der Waals surface area contributed by atoms with Crippen LogP contribution in [0.1, 0.15) is 42.7 Å². The zero-order chi connectivity index (χ0) is 15.7. The quantitative estimate of drug-likeness (QED) is 0.855. The van der Waals surface area contributed by atoms with Gasteiger partial charge in [-0.25, -0.2) is 0 Å². The van der Waals surface area contributed by atoms with Crippen LogP contribution in [0.15, 0.2) is 30.3 Å². The van der Waals surface area contributed by atoms with Crippen molar-refractivity contribution in [2.75, 3.05) is 19.7 Å². The van der Waals surface area contributed by atoms with Crippen LogP contribution in [0.3, 0.4) is 0 Å². The fourth-order valence-electron chi connectivity index (χ4n) is 2.84. The van der Waals surface area contributed by atoms with Gasteiger partial charge in [0, 0.05) is 24.2 Å². The van der Waals surface area contributed by atoms with Gasteiger partial charge in [-0.15, -0.1) is 0 Å². The second kappa shape index (κ2) is 6.05. The van der Waals surface area contributed by atoms with Crippen LogP contribution < -0.4 is 0 Å². The molecule has 0 spiro atoms. The maximum Gasteiger partial charge on any atom is 0.254 e. The number of morpholine rings is 1. The molecule has 116 valence electrons. The number of carbonyl (C=O) groups excluding carboxylic acids is 1. The summed E-state index contributed by atoms with van der Waals surface area (Å²) in [6.07, 6.45) is 0.0929. The Morgan fingerprint density at radius 2 is 2.14 bits per heavy atom. The highest BCUT2D eigenvalue weighted by molar-refractivity contribution is 6.06. The molecule has 0 aliphatic carbocycles. The number of aromatic nitrogens is 1. The predicted octanol–water partition coefficient (Wildman–Crippen LogP) is 3.22. The van der Waals surface area contributed by atoms with E-state index in [2.05, 4.69) is 18.8 Å². The van der Waals surface area contributed by atoms with Gasteiger partial charge in [-0.3, -0.25) is 9.78 Å². The molecule has 1 fully saturated rings. The number of benzene rings is 1. The number of rotatable bonds is 2. The van der Waals surface area contributed by atoms with E-state index >= 15 is 0 Å². The normalized spacial score (nSPS) is 18.9. The van der Waals surface area contributed by atoms with Crippen LogP contribution in [-0.2, 0) is 4.74 Å². The first-order valence-corrected chi connectivity index (χ1v) is 7.87. The van der Waals surface area contributed by atoms with Gasteiger partial charge in [0.1, 0.15) is 0 Å². The topological polar surface area (TPSA) is 42.4 Å². The highest BCUT2D eigenvalue weighted by Gasteiger charge is 2.24. The summed E-state index contributed by atoms with van der Waals surface area (Å²) < 4.78 is 5.54. The van der Waals surface area contributed by atoms with Gasteiger partial charge in [0.15, 0.2) is 0 Å². The number of ether oxygens (including phenoxy) is 1. The Kier molecular flexibility index (Phi) is 4.12. The van der Waals surface area contributed by atoms with Crippen molar-refractivity contribution in [3.05, 3.63) is 41.6 Å². The fourth-order valence-corrected chi connectivity index (χ4v) is 2.84. The summed E-state index contributed by atoms with van der Waals surface area (Å²) in [5.41, 5.74) is 2.60. The number of carbonyl (C=O) groups is 1. The first kappa shape index (κ1) is 15.0. The molecule has 1 unspecified atom stereocenters. The molecule has 0 N–H and O–H groups in total. The highest BCUT2D eigenvalue weighted by atomic mass is 16.5. The van der Waals surface area contributed by atoms with Crippen molar-refractivity contribution in [3.63, 3.8) is 0 Å². The Morgan fingerprint density at radius 1 is 1.36 bits per heavy atom. The molecule has 3 rings (SSSR count). The predicted molar refractivity (Wildman–Crippen MR) is 87.1 cm³/mol. The minimum Gasteiger partial charge on any atom is -0.375 e. The lowest BCUT2D eigenvalue weighted by Gasteiger charge is -2.31. The molecule has 0 saturated carbocycles. The largest absolute Gasteiger partial charge is 0.375 e. The van der Waals surface area contributed by atoms with Crippen molar-refractivity contribution in [2.24, 2.45) is 0 Å². The Labute approximate surface area is 131 Å². The minimum absolute atomic E-state index is 0.0793. The molecular formula is C18H22N2O2. The summed E-state index contributed by atoms with van der Waals surface area (Å²) in [6.45, 7) is 8.10. The molecule has 1 amide bonds. The zero-order valence-corrected chi connectivity index (χ0v) is 13.4. The Hall–Kier alpha value is -1.94. The van der Waals surface area contributed by atoms with E-state index in [4.69, 9.17) is 4.74 Å². The Bertz CT molecular complexity index is 697. The van der Waals surface area contributed by atoms with Crippen molar-refractivity contribution in [1.82, 2.24) is 9.88 Å². The maximum atomic E-state index is 13.0. The number of fused-ring (bicyclic) bond motifs is 1. The number of nitrogens with zero attached hydrogens (tertiary/aromatic N) is 2. The minimum atomic E-state index is 0.0793. The van der Waals surface area contributed by atoms with Crippen LogP contribution in [0.25, 0.3) is 10.9 Å². The van der Waals surface area contributed by atoms with Crippen molar-refractivity contribution in [2.45, 2.75) is 32.8 Å². The SMILES string of the molecule is CC1CN(C(=O)c2cc(C(C)C)nc3ccccc23)CCO1. The van der Waals surface area contributed by atoms with Crippen LogP contribution in [0, 0.1) is 0 Å². The monoisotopic (exact) mass is 298 g/mol. The van der Waals surface area contributed by atoms with Crippen molar-refractivity contribution in [1.29, 1.82) is 0 Å². The third kappa shape index (κ3) is 2.83. The Balaban J connectivity index is 2.06. The molecule has 1 atom stereocenters. The first-order valence-electron chi connectivity index (χ1n) is 7.87. The number of amides is 1. The molecule has 1 aliphatic rings. The van der Waals surface area contributed by atoms with E-state index in [0.717, 1.165) is 22.2 Å². The van der Waals surface area contributed by atoms with Crippen LogP contribution in [0.2, 0.25) is 0 Å². The molecule has 22 heavy (non-hydrogen) atoms. The van der Waals surface area contributed by atoms with Gasteiger partial charge in [0.25, 0.3) is 5.91 Å². The molecule has 4 nitrogen and oxygen atoms in total. The average molecular weight is 298 g/mol. The summed E-state index contributed by atoms with van der Waals surface area (Å²) in [4.78, 5) is 19.5. The second-order valence-corrected chi connectivity index (χ2v) is 6.20. The molecule has 1 saturated heterocycles. The van der Waals surface area contributed by atoms with Gasteiger partial charge in [-0.2, -0.15) is 0 Å². The fraction of sp³-hybridized carbons (Fsp3) is 0.444. The highest BCUT2D eigenvalue weighted by Crippen LogP contribution is 2.24. The lowest BCUT2D eigenvalue weighted by Crippen LogP contribution is -2.44. The van der Waals surface area contributed by atoms with Crippen molar-refractivity contribution >= 4 is 16.8 Å². The summed E-state index contributed by atoms with van der Waals surface area (Å²) in [6, 6.07) is 9.82. The maximum absolute atomic E-state index is 13.0. The smallest absolute Gasteiger partial charge is 0.254 e. The number of para-hydroxylation sites is 1. The van der Waals surface area contributed by atoms with E-state index in [1.54, 1.807) is 0 Å². The Morgan fingerprint density at radius 3 is 2.86 bits per heavy atom. The second-order valence-electron chi connectivity index (χ2n) is 6.20. The lowest BCUT2D eigenvalue weighted by atomic mass is 10.0. The third-order valence-corrected chi connectivity index (χ3v) is 4.09. The van der Waals surface area contributed by atoms with Crippen molar-refractivity contribution < 1.29 is 9.53 Å². The van der Waals surface area contributed by atoms with Gasteiger partial charge < -0.3 is 9.64 Å². The van der Waals surface area contributed by atoms with Gasteiger partial charge in [0.05, 0.1) is 23.8 Å². The van der Waals surface area contributed by atoms with E-state index in [0.29, 0.717) is 25.6 Å². The standard InChI is InChI=1S/C18H22N2O2/c1-12(2)17-10-15(14-6-4-5-7-16(14)19-17)18(21)20-8-9-22-13(3)11-20/h4-7,10,12-13H,8-9,11H2,1-3H3. The van der Waals surface area contributed by atoms with Gasteiger partial charge >= 0.3 is 0 Å². The van der Waals surface area contributed by atoms with Gasteiger partial charge in [0.2, 0.25) is 0 Å². The van der Waals surface area contributed by atoms with E-state index in [1.165, 1.54) is 0 Å². The number of hydrogen-bond donors (Lipinski definition) is 0. The van der Waals surface area contributed by atoms with Gasteiger partial charge in [-0.1, -0.05) is 32.0 Å². The molecule has 0 radical (unpaired) electrons. The van der Waals surface area contributed by atoms with E-state index in [-0.39, 0.29) is 12.0 Å². The van der Waals surface area contributed by atoms with Gasteiger partial charge in [-0.05, 0) is 25.0 Å². The molecule has 0 bridgehead atoms. The zero-order valence-electron chi connectivity index (χ0n) is 13.4.